The van der Waals surface area contributed by atoms with Gasteiger partial charge >= 0.3 is 0 Å². The molecule has 0 atom stereocenters. The molecule has 0 rings (SSSR count). The van der Waals surface area contributed by atoms with Gasteiger partial charge in [0.25, 0.3) is 0 Å². The number of thioether (sulfide) groups is 1. The number of hydrogen-bond acceptors (Lipinski definition) is 6. The van der Waals surface area contributed by atoms with Crippen molar-refractivity contribution in [3.8, 4) is 0 Å². The van der Waals surface area contributed by atoms with E-state index < -0.39 is 25.2 Å². The molecule has 0 aliphatic carbocycles. The average Bonchev–Trinajstić information content (AvgIpc) is 1.80. The number of amidine groups is 1. The van der Waals surface area contributed by atoms with Crippen LogP contribution in [-0.4, -0.2) is 44.5 Å². The van der Waals surface area contributed by atoms with Crippen LogP contribution in [0.25, 0.3) is 0 Å². The van der Waals surface area contributed by atoms with Gasteiger partial charge in [-0.25, -0.2) is 16.8 Å². The molecule has 1 N–H and O–H groups in total. The van der Waals surface area contributed by atoms with Crippen molar-refractivity contribution in [2.24, 2.45) is 0 Å². The van der Waals surface area contributed by atoms with Gasteiger partial charge in [-0.05, 0) is 6.26 Å². The fourth-order valence-electron chi connectivity index (χ4n) is 0.622. The molecule has 0 saturated carbocycles. The molecule has 0 bridgehead atoms. The van der Waals surface area contributed by atoms with Gasteiger partial charge in [0.15, 0.2) is 5.17 Å². The third-order valence-corrected chi connectivity index (χ3v) is 4.96. The lowest BCUT2D eigenvalue weighted by atomic mass is 11.4. The Morgan fingerprint density at radius 3 is 1.54 bits per heavy atom. The lowest BCUT2D eigenvalue weighted by Gasteiger charge is -2.17. The van der Waals surface area contributed by atoms with Crippen LogP contribution in [0.2, 0.25) is 0 Å². The smallest absolute Gasteiger partial charge is 0.247 e. The lowest BCUT2D eigenvalue weighted by Crippen LogP contribution is -2.38. The van der Waals surface area contributed by atoms with Gasteiger partial charge in [-0.2, -0.15) is 0 Å². The largest absolute Gasteiger partial charge is 0.277 e. The zero-order valence-corrected chi connectivity index (χ0v) is 9.75. The van der Waals surface area contributed by atoms with Crippen LogP contribution in [0.3, 0.4) is 0 Å². The van der Waals surface area contributed by atoms with E-state index >= 15 is 0 Å². The van der Waals surface area contributed by atoms with Crippen molar-refractivity contribution in [1.29, 1.82) is 5.41 Å². The summed E-state index contributed by atoms with van der Waals surface area (Å²) in [6.45, 7) is 0. The Kier molecular flexibility index (Phi) is 3.76. The third-order valence-electron chi connectivity index (χ3n) is 0.962. The van der Waals surface area contributed by atoms with Crippen LogP contribution in [0.5, 0.6) is 0 Å². The molecule has 0 aromatic heterocycles. The van der Waals surface area contributed by atoms with E-state index in [2.05, 4.69) is 0 Å². The van der Waals surface area contributed by atoms with E-state index in [4.69, 9.17) is 5.41 Å². The minimum Gasteiger partial charge on any atom is -0.277 e. The topological polar surface area (TPSA) is 95.4 Å². The fourth-order valence-corrected chi connectivity index (χ4v) is 4.60. The maximum absolute atomic E-state index is 11.0. The van der Waals surface area contributed by atoms with Gasteiger partial charge < -0.3 is 0 Å². The quantitative estimate of drug-likeness (QED) is 0.524. The van der Waals surface area contributed by atoms with Crippen LogP contribution in [-0.2, 0) is 20.0 Å². The minimum absolute atomic E-state index is 0.0880. The first-order valence-electron chi connectivity index (χ1n) is 2.93. The van der Waals surface area contributed by atoms with Crippen molar-refractivity contribution in [2.75, 3.05) is 18.8 Å². The highest BCUT2D eigenvalue weighted by Crippen LogP contribution is 2.12. The van der Waals surface area contributed by atoms with E-state index in [1.165, 1.54) is 6.26 Å². The van der Waals surface area contributed by atoms with Gasteiger partial charge in [-0.15, -0.1) is 3.71 Å². The number of hydrogen-bond donors (Lipinski definition) is 1. The molecule has 0 aromatic carbocycles. The number of rotatable bonds is 2. The first-order chi connectivity index (χ1) is 5.60. The van der Waals surface area contributed by atoms with E-state index in [1.54, 1.807) is 0 Å². The Morgan fingerprint density at radius 1 is 1.15 bits per heavy atom. The molecule has 0 unspecified atom stereocenters. The van der Waals surface area contributed by atoms with Crippen LogP contribution in [0.15, 0.2) is 0 Å². The van der Waals surface area contributed by atoms with E-state index in [0.29, 0.717) is 0 Å². The minimum atomic E-state index is -3.93. The molecule has 0 heterocycles. The summed E-state index contributed by atoms with van der Waals surface area (Å²) in [5.74, 6) is 0. The molecule has 9 heteroatoms. The Morgan fingerprint density at radius 2 is 1.46 bits per heavy atom. The molecular formula is C4H10N2O4S3. The molecule has 0 aliphatic heterocycles. The normalized spacial score (nSPS) is 12.5. The second-order valence-corrected chi connectivity index (χ2v) is 6.92. The van der Waals surface area contributed by atoms with E-state index in [1.807, 2.05) is 0 Å². The predicted octanol–water partition coefficient (Wildman–Crippen LogP) is -0.495. The highest BCUT2D eigenvalue weighted by atomic mass is 32.3. The lowest BCUT2D eigenvalue weighted by molar-refractivity contribution is 0.555. The van der Waals surface area contributed by atoms with E-state index in [-0.39, 0.29) is 3.71 Å². The molecule has 13 heavy (non-hydrogen) atoms. The molecule has 0 spiro atoms. The van der Waals surface area contributed by atoms with Gasteiger partial charge in [0.05, 0.1) is 12.5 Å². The predicted molar refractivity (Wildman–Crippen MR) is 52.8 cm³/mol. The molecule has 78 valence electrons. The molecule has 0 saturated heterocycles. The van der Waals surface area contributed by atoms with Crippen molar-refractivity contribution in [2.45, 2.75) is 0 Å². The zero-order chi connectivity index (χ0) is 10.9. The molecule has 0 radical (unpaired) electrons. The summed E-state index contributed by atoms with van der Waals surface area (Å²) in [6.07, 6.45) is 2.89. The molecule has 0 aliphatic rings. The first kappa shape index (κ1) is 12.7. The highest BCUT2D eigenvalue weighted by molar-refractivity contribution is 8.16. The van der Waals surface area contributed by atoms with Crippen LogP contribution in [0, 0.1) is 5.41 Å². The Balaban J connectivity index is 5.40. The third kappa shape index (κ3) is 3.53. The summed E-state index contributed by atoms with van der Waals surface area (Å²) < 4.78 is 44.0. The van der Waals surface area contributed by atoms with Crippen molar-refractivity contribution >= 4 is 37.0 Å². The number of nitrogens with one attached hydrogen (secondary N) is 1. The molecule has 0 fully saturated rings. The first-order valence-corrected chi connectivity index (χ1v) is 7.86. The Bertz CT molecular complexity index is 363. The van der Waals surface area contributed by atoms with Crippen molar-refractivity contribution in [1.82, 2.24) is 3.71 Å². The van der Waals surface area contributed by atoms with Crippen LogP contribution >= 0.6 is 11.8 Å². The monoisotopic (exact) mass is 246 g/mol. The average molecular weight is 246 g/mol. The van der Waals surface area contributed by atoms with Crippen molar-refractivity contribution in [3.05, 3.63) is 0 Å². The van der Waals surface area contributed by atoms with E-state index in [0.717, 1.165) is 24.3 Å². The fraction of sp³-hybridized carbons (Fsp3) is 0.750. The van der Waals surface area contributed by atoms with Crippen molar-refractivity contribution < 1.29 is 16.8 Å². The number of sulfonamides is 2. The van der Waals surface area contributed by atoms with Gasteiger partial charge in [0.1, 0.15) is 0 Å². The SMILES string of the molecule is CSC(=N)N(S(C)(=O)=O)S(C)(=O)=O. The Hall–Kier alpha value is -0.280. The molecular weight excluding hydrogens is 236 g/mol. The van der Waals surface area contributed by atoms with Gasteiger partial charge in [0.2, 0.25) is 20.0 Å². The maximum atomic E-state index is 11.0. The van der Waals surface area contributed by atoms with Gasteiger partial charge in [-0.3, -0.25) is 5.41 Å². The van der Waals surface area contributed by atoms with Crippen LogP contribution < -0.4 is 0 Å². The molecule has 0 aromatic rings. The van der Waals surface area contributed by atoms with Crippen LogP contribution in [0.1, 0.15) is 0 Å². The van der Waals surface area contributed by atoms with Crippen LogP contribution in [0.4, 0.5) is 0 Å². The summed E-state index contributed by atoms with van der Waals surface area (Å²) in [6, 6.07) is 0. The summed E-state index contributed by atoms with van der Waals surface area (Å²) in [5.41, 5.74) is 0. The summed E-state index contributed by atoms with van der Waals surface area (Å²) in [4.78, 5) is 0. The van der Waals surface area contributed by atoms with Crippen molar-refractivity contribution in [3.63, 3.8) is 0 Å². The van der Waals surface area contributed by atoms with Gasteiger partial charge in [-0.1, -0.05) is 11.8 Å². The molecule has 6 nitrogen and oxygen atoms in total. The zero-order valence-electron chi connectivity index (χ0n) is 7.30. The Labute approximate surface area is 81.9 Å². The summed E-state index contributed by atoms with van der Waals surface area (Å²) >= 11 is 0.738. The van der Waals surface area contributed by atoms with Gasteiger partial charge in [0, 0.05) is 0 Å². The maximum Gasteiger partial charge on any atom is 0.247 e. The standard InChI is InChI=1S/C4H10N2O4S3/c1-11-4(5)6(12(2,7)8)13(3,9)10/h5H,1-3H3. The second kappa shape index (κ2) is 3.84. The molecule has 0 amide bonds. The van der Waals surface area contributed by atoms with E-state index in [9.17, 15) is 16.8 Å². The number of nitrogens with zero attached hydrogens (tertiary/aromatic N) is 1. The highest BCUT2D eigenvalue weighted by Gasteiger charge is 2.29. The summed E-state index contributed by atoms with van der Waals surface area (Å²) in [7, 11) is -7.87. The second-order valence-electron chi connectivity index (χ2n) is 2.23. The summed E-state index contributed by atoms with van der Waals surface area (Å²) in [5, 5.41) is 6.60.